The second kappa shape index (κ2) is 8.37. The summed E-state index contributed by atoms with van der Waals surface area (Å²) in [4.78, 5) is 29.8. The first-order valence-corrected chi connectivity index (χ1v) is 9.82. The molecule has 0 N–H and O–H groups in total. The summed E-state index contributed by atoms with van der Waals surface area (Å²) in [5.41, 5.74) is 3.13. The lowest BCUT2D eigenvalue weighted by atomic mass is 10.0. The lowest BCUT2D eigenvalue weighted by molar-refractivity contribution is 0.0476. The van der Waals surface area contributed by atoms with E-state index in [1.54, 1.807) is 30.3 Å². The van der Waals surface area contributed by atoms with Gasteiger partial charge in [-0.25, -0.2) is 9.78 Å². The van der Waals surface area contributed by atoms with E-state index in [0.29, 0.717) is 27.7 Å². The molecule has 0 spiro atoms. The molecule has 1 aromatic heterocycles. The smallest absolute Gasteiger partial charge is 0.339 e. The van der Waals surface area contributed by atoms with Gasteiger partial charge in [0.2, 0.25) is 0 Å². The monoisotopic (exact) mass is 445 g/mol. The fourth-order valence-electron chi connectivity index (χ4n) is 3.03. The summed E-state index contributed by atoms with van der Waals surface area (Å²) >= 11 is 3.42. The van der Waals surface area contributed by atoms with Crippen LogP contribution in [0.1, 0.15) is 20.7 Å². The van der Waals surface area contributed by atoms with Crippen LogP contribution in [0, 0.1) is 0 Å². The van der Waals surface area contributed by atoms with Gasteiger partial charge in [-0.15, -0.1) is 0 Å². The predicted octanol–water partition coefficient (Wildman–Crippen LogP) is 5.70. The molecular formula is C24H16BrNO3. The number of nitrogens with zero attached hydrogens (tertiary/aromatic N) is 1. The molecule has 0 fully saturated rings. The van der Waals surface area contributed by atoms with Gasteiger partial charge in [-0.05, 0) is 24.3 Å². The second-order valence-corrected chi connectivity index (χ2v) is 7.36. The number of hydrogen-bond donors (Lipinski definition) is 0. The van der Waals surface area contributed by atoms with Gasteiger partial charge in [0.05, 0.1) is 16.8 Å². The van der Waals surface area contributed by atoms with Crippen LogP contribution in [0.5, 0.6) is 0 Å². The van der Waals surface area contributed by atoms with E-state index in [1.165, 1.54) is 0 Å². The Hall–Kier alpha value is -3.31. The fraction of sp³-hybridized carbons (Fsp3) is 0.0417. The average Bonchev–Trinajstić information content (AvgIpc) is 2.77. The molecule has 0 aliphatic rings. The zero-order valence-corrected chi connectivity index (χ0v) is 16.9. The average molecular weight is 446 g/mol. The molecule has 29 heavy (non-hydrogen) atoms. The van der Waals surface area contributed by atoms with Gasteiger partial charge in [0.25, 0.3) is 0 Å². The predicted molar refractivity (Wildman–Crippen MR) is 116 cm³/mol. The number of ether oxygens (including phenoxy) is 1. The number of fused-ring (bicyclic) bond motifs is 1. The van der Waals surface area contributed by atoms with Crippen molar-refractivity contribution in [2.45, 2.75) is 0 Å². The molecule has 4 nitrogen and oxygen atoms in total. The van der Waals surface area contributed by atoms with E-state index >= 15 is 0 Å². The van der Waals surface area contributed by atoms with E-state index in [1.807, 2.05) is 54.6 Å². The summed E-state index contributed by atoms with van der Waals surface area (Å²) in [5.74, 6) is -0.795. The first kappa shape index (κ1) is 19.0. The van der Waals surface area contributed by atoms with E-state index in [4.69, 9.17) is 4.74 Å². The Morgan fingerprint density at radius 3 is 2.31 bits per heavy atom. The minimum atomic E-state index is -0.550. The van der Waals surface area contributed by atoms with Crippen LogP contribution < -0.4 is 0 Å². The molecule has 0 bridgehead atoms. The molecule has 5 heteroatoms. The number of pyridine rings is 1. The molecule has 1 heterocycles. The van der Waals surface area contributed by atoms with Crippen LogP contribution in [-0.4, -0.2) is 23.3 Å². The molecule has 0 aliphatic heterocycles. The first-order chi connectivity index (χ1) is 14.1. The minimum absolute atomic E-state index is 0.245. The Labute approximate surface area is 176 Å². The maximum absolute atomic E-state index is 12.8. The van der Waals surface area contributed by atoms with E-state index < -0.39 is 5.97 Å². The van der Waals surface area contributed by atoms with Crippen molar-refractivity contribution in [3.05, 3.63) is 101 Å². The Morgan fingerprint density at radius 2 is 1.55 bits per heavy atom. The molecule has 3 aromatic carbocycles. The Morgan fingerprint density at radius 1 is 0.862 bits per heavy atom. The van der Waals surface area contributed by atoms with Crippen molar-refractivity contribution in [3.63, 3.8) is 0 Å². The van der Waals surface area contributed by atoms with Gasteiger partial charge in [-0.3, -0.25) is 4.79 Å². The van der Waals surface area contributed by atoms with Gasteiger partial charge in [-0.2, -0.15) is 0 Å². The van der Waals surface area contributed by atoms with E-state index in [0.717, 1.165) is 10.0 Å². The van der Waals surface area contributed by atoms with Gasteiger partial charge in [-0.1, -0.05) is 76.6 Å². The van der Waals surface area contributed by atoms with E-state index in [2.05, 4.69) is 20.9 Å². The summed E-state index contributed by atoms with van der Waals surface area (Å²) in [6, 6.07) is 25.6. The van der Waals surface area contributed by atoms with Crippen LogP contribution in [0.25, 0.3) is 22.2 Å². The quantitative estimate of drug-likeness (QED) is 0.291. The number of esters is 1. The van der Waals surface area contributed by atoms with Crippen LogP contribution in [0.4, 0.5) is 0 Å². The summed E-state index contributed by atoms with van der Waals surface area (Å²) in [6.07, 6.45) is 0. The molecule has 0 radical (unpaired) electrons. The highest BCUT2D eigenvalue weighted by Gasteiger charge is 2.17. The van der Waals surface area contributed by atoms with Crippen molar-refractivity contribution in [1.29, 1.82) is 0 Å². The van der Waals surface area contributed by atoms with Crippen LogP contribution >= 0.6 is 15.9 Å². The summed E-state index contributed by atoms with van der Waals surface area (Å²) < 4.78 is 6.30. The van der Waals surface area contributed by atoms with Gasteiger partial charge < -0.3 is 4.74 Å². The molecule has 0 unspecified atom stereocenters. The maximum atomic E-state index is 12.8. The van der Waals surface area contributed by atoms with Crippen molar-refractivity contribution < 1.29 is 14.3 Å². The van der Waals surface area contributed by atoms with Crippen molar-refractivity contribution in [2.24, 2.45) is 0 Å². The third-order valence-corrected chi connectivity index (χ3v) is 5.03. The molecule has 4 rings (SSSR count). The number of para-hydroxylation sites is 1. The second-order valence-electron chi connectivity index (χ2n) is 6.44. The van der Waals surface area contributed by atoms with Gasteiger partial charge in [0.15, 0.2) is 12.4 Å². The van der Waals surface area contributed by atoms with E-state index in [9.17, 15) is 9.59 Å². The lowest BCUT2D eigenvalue weighted by Crippen LogP contribution is -2.14. The molecule has 0 atom stereocenters. The van der Waals surface area contributed by atoms with Gasteiger partial charge >= 0.3 is 5.97 Å². The van der Waals surface area contributed by atoms with Crippen molar-refractivity contribution in [1.82, 2.24) is 4.98 Å². The molecule has 4 aromatic rings. The molecule has 0 aliphatic carbocycles. The number of ketones is 1. The van der Waals surface area contributed by atoms with Crippen LogP contribution in [-0.2, 0) is 4.74 Å². The first-order valence-electron chi connectivity index (χ1n) is 9.03. The van der Waals surface area contributed by atoms with Crippen molar-refractivity contribution in [3.8, 4) is 11.3 Å². The number of carbonyl (C=O) groups excluding carboxylic acids is 2. The minimum Gasteiger partial charge on any atom is -0.454 e. The highest BCUT2D eigenvalue weighted by atomic mass is 79.9. The molecule has 0 saturated heterocycles. The highest BCUT2D eigenvalue weighted by molar-refractivity contribution is 9.10. The highest BCUT2D eigenvalue weighted by Crippen LogP contribution is 2.26. The topological polar surface area (TPSA) is 56.3 Å². The summed E-state index contributed by atoms with van der Waals surface area (Å²) in [5, 5.41) is 0.686. The zero-order valence-electron chi connectivity index (χ0n) is 15.3. The number of rotatable bonds is 5. The number of carbonyl (C=O) groups is 2. The fourth-order valence-corrected chi connectivity index (χ4v) is 3.29. The van der Waals surface area contributed by atoms with Crippen LogP contribution in [0.2, 0.25) is 0 Å². The molecule has 0 saturated carbocycles. The normalized spacial score (nSPS) is 10.7. The van der Waals surface area contributed by atoms with Crippen molar-refractivity contribution >= 4 is 38.6 Å². The SMILES string of the molecule is O=C(COC(=O)c1cc(-c2ccc(Br)cc2)nc2ccccc12)c1ccccc1. The van der Waals surface area contributed by atoms with Gasteiger partial charge in [0.1, 0.15) is 0 Å². The largest absolute Gasteiger partial charge is 0.454 e. The Kier molecular flexibility index (Phi) is 5.49. The standard InChI is InChI=1S/C24H16BrNO3/c25-18-12-10-16(11-13-18)22-14-20(19-8-4-5-9-21(19)26-22)24(28)29-15-23(27)17-6-2-1-3-7-17/h1-14H,15H2. The number of aromatic nitrogens is 1. The zero-order chi connectivity index (χ0) is 20.2. The molecular weight excluding hydrogens is 430 g/mol. The Bertz CT molecular complexity index is 1190. The Balaban J connectivity index is 1.65. The molecule has 142 valence electrons. The third kappa shape index (κ3) is 4.25. The number of halogens is 1. The number of Topliss-reactive ketones (excluding diaryl/α,β-unsaturated/α-hetero) is 1. The van der Waals surface area contributed by atoms with Crippen molar-refractivity contribution in [2.75, 3.05) is 6.61 Å². The molecule has 0 amide bonds. The van der Waals surface area contributed by atoms with Gasteiger partial charge in [0, 0.05) is 21.0 Å². The maximum Gasteiger partial charge on any atom is 0.339 e. The summed E-state index contributed by atoms with van der Waals surface area (Å²) in [6.45, 7) is -0.312. The summed E-state index contributed by atoms with van der Waals surface area (Å²) in [7, 11) is 0. The van der Waals surface area contributed by atoms with Crippen LogP contribution in [0.3, 0.4) is 0 Å². The third-order valence-electron chi connectivity index (χ3n) is 4.51. The number of hydrogen-bond acceptors (Lipinski definition) is 4. The van der Waals surface area contributed by atoms with Crippen LogP contribution in [0.15, 0.2) is 89.4 Å². The number of benzene rings is 3. The lowest BCUT2D eigenvalue weighted by Gasteiger charge is -2.10. The van der Waals surface area contributed by atoms with E-state index in [-0.39, 0.29) is 12.4 Å².